The van der Waals surface area contributed by atoms with Gasteiger partial charge in [-0.3, -0.25) is 4.79 Å². The number of amides is 1. The number of hydrogen-bond acceptors (Lipinski definition) is 3. The number of nitrogens with zero attached hydrogens (tertiary/aromatic N) is 3. The predicted octanol–water partition coefficient (Wildman–Crippen LogP) is 4.13. The molecule has 0 aliphatic rings. The van der Waals surface area contributed by atoms with Crippen molar-refractivity contribution in [3.05, 3.63) is 52.3 Å². The second kappa shape index (κ2) is 7.87. The quantitative estimate of drug-likeness (QED) is 0.709. The fraction of sp³-hybridized carbons (Fsp3) is 0.350. The van der Waals surface area contributed by atoms with Gasteiger partial charge in [-0.15, -0.1) is 0 Å². The molecule has 0 aliphatic heterocycles. The van der Waals surface area contributed by atoms with Crippen LogP contribution in [0.2, 0.25) is 5.02 Å². The first-order valence-corrected chi connectivity index (χ1v) is 9.26. The van der Waals surface area contributed by atoms with Gasteiger partial charge in [0.2, 0.25) is 5.91 Å². The zero-order valence-electron chi connectivity index (χ0n) is 15.3. The highest BCUT2D eigenvalue weighted by molar-refractivity contribution is 6.30. The minimum absolute atomic E-state index is 0.0769. The highest BCUT2D eigenvalue weighted by Gasteiger charge is 2.14. The first kappa shape index (κ1) is 18.4. The van der Waals surface area contributed by atoms with Crippen molar-refractivity contribution in [2.45, 2.75) is 40.0 Å². The van der Waals surface area contributed by atoms with Gasteiger partial charge in [0.15, 0.2) is 5.65 Å². The van der Waals surface area contributed by atoms with E-state index in [4.69, 9.17) is 16.7 Å². The number of fused-ring (bicyclic) bond motifs is 1. The molecule has 2 heterocycles. The van der Waals surface area contributed by atoms with Crippen LogP contribution in [0.15, 0.2) is 30.3 Å². The van der Waals surface area contributed by atoms with E-state index in [9.17, 15) is 4.79 Å². The lowest BCUT2D eigenvalue weighted by atomic mass is 10.1. The van der Waals surface area contributed by atoms with Gasteiger partial charge in [0.1, 0.15) is 0 Å². The normalized spacial score (nSPS) is 11.1. The Kier molecular flexibility index (Phi) is 5.57. The molecule has 1 N–H and O–H groups in total. The Bertz CT molecular complexity index is 931. The van der Waals surface area contributed by atoms with Crippen molar-refractivity contribution in [1.29, 1.82) is 0 Å². The van der Waals surface area contributed by atoms with Crippen LogP contribution in [-0.4, -0.2) is 27.0 Å². The van der Waals surface area contributed by atoms with Crippen LogP contribution in [0, 0.1) is 13.8 Å². The second-order valence-electron chi connectivity index (χ2n) is 6.42. The number of halogens is 1. The maximum atomic E-state index is 11.9. The SMILES string of the molecule is CCCNC(=O)CCc1c(C)nc2cc(-c3ccc(Cl)cc3)nn2c1C. The molecule has 0 aliphatic carbocycles. The molecule has 0 saturated carbocycles. The molecule has 3 rings (SSSR count). The zero-order chi connectivity index (χ0) is 18.7. The van der Waals surface area contributed by atoms with Gasteiger partial charge >= 0.3 is 0 Å². The number of rotatable bonds is 6. The summed E-state index contributed by atoms with van der Waals surface area (Å²) in [6.45, 7) is 6.78. The van der Waals surface area contributed by atoms with E-state index in [0.717, 1.165) is 46.8 Å². The molecule has 1 aromatic carbocycles. The molecule has 0 unspecified atom stereocenters. The first-order valence-electron chi connectivity index (χ1n) is 8.88. The molecule has 0 radical (unpaired) electrons. The average molecular weight is 371 g/mol. The number of carbonyl (C=O) groups is 1. The van der Waals surface area contributed by atoms with Crippen molar-refractivity contribution in [2.24, 2.45) is 0 Å². The Morgan fingerprint density at radius 1 is 1.23 bits per heavy atom. The highest BCUT2D eigenvalue weighted by atomic mass is 35.5. The topological polar surface area (TPSA) is 59.3 Å². The summed E-state index contributed by atoms with van der Waals surface area (Å²) in [5.74, 6) is 0.0769. The average Bonchev–Trinajstić information content (AvgIpc) is 3.04. The van der Waals surface area contributed by atoms with Crippen molar-refractivity contribution in [3.8, 4) is 11.3 Å². The Morgan fingerprint density at radius 2 is 1.96 bits per heavy atom. The summed E-state index contributed by atoms with van der Waals surface area (Å²) < 4.78 is 1.86. The molecule has 0 atom stereocenters. The van der Waals surface area contributed by atoms with Gasteiger partial charge in [0, 0.05) is 41.0 Å². The number of nitrogens with one attached hydrogen (secondary N) is 1. The molecular formula is C20H23ClN4O. The molecule has 0 bridgehead atoms. The summed E-state index contributed by atoms with van der Waals surface area (Å²) in [4.78, 5) is 16.6. The van der Waals surface area contributed by atoms with Gasteiger partial charge in [-0.1, -0.05) is 30.7 Å². The molecule has 6 heteroatoms. The van der Waals surface area contributed by atoms with E-state index in [1.54, 1.807) is 0 Å². The van der Waals surface area contributed by atoms with Crippen LogP contribution in [0.3, 0.4) is 0 Å². The smallest absolute Gasteiger partial charge is 0.220 e. The third-order valence-electron chi connectivity index (χ3n) is 4.48. The highest BCUT2D eigenvalue weighted by Crippen LogP contribution is 2.24. The van der Waals surface area contributed by atoms with Crippen LogP contribution in [0.4, 0.5) is 0 Å². The van der Waals surface area contributed by atoms with Crippen molar-refractivity contribution in [2.75, 3.05) is 6.54 Å². The van der Waals surface area contributed by atoms with E-state index in [1.807, 2.05) is 55.6 Å². The van der Waals surface area contributed by atoms with E-state index < -0.39 is 0 Å². The third kappa shape index (κ3) is 3.88. The summed E-state index contributed by atoms with van der Waals surface area (Å²) >= 11 is 5.97. The zero-order valence-corrected chi connectivity index (χ0v) is 16.1. The Hall–Kier alpha value is -2.40. The molecule has 26 heavy (non-hydrogen) atoms. The second-order valence-corrected chi connectivity index (χ2v) is 6.85. The molecule has 136 valence electrons. The Balaban J connectivity index is 1.89. The van der Waals surface area contributed by atoms with Gasteiger partial charge in [0.05, 0.1) is 5.69 Å². The van der Waals surface area contributed by atoms with Crippen LogP contribution in [0.25, 0.3) is 16.9 Å². The lowest BCUT2D eigenvalue weighted by Crippen LogP contribution is -2.24. The van der Waals surface area contributed by atoms with E-state index in [0.29, 0.717) is 17.9 Å². The molecule has 0 saturated heterocycles. The molecule has 5 nitrogen and oxygen atoms in total. The van der Waals surface area contributed by atoms with Crippen LogP contribution >= 0.6 is 11.6 Å². The maximum absolute atomic E-state index is 11.9. The number of carbonyl (C=O) groups excluding carboxylic acids is 1. The van der Waals surface area contributed by atoms with Crippen LogP contribution < -0.4 is 5.32 Å². The predicted molar refractivity (Wildman–Crippen MR) is 105 cm³/mol. The van der Waals surface area contributed by atoms with E-state index in [1.165, 1.54) is 0 Å². The van der Waals surface area contributed by atoms with Gasteiger partial charge in [0.25, 0.3) is 0 Å². The number of aromatic nitrogens is 3. The summed E-state index contributed by atoms with van der Waals surface area (Å²) in [5, 5.41) is 8.32. The number of aryl methyl sites for hydroxylation is 2. The summed E-state index contributed by atoms with van der Waals surface area (Å²) in [5.41, 5.74) is 5.71. The number of hydrogen-bond donors (Lipinski definition) is 1. The largest absolute Gasteiger partial charge is 0.356 e. The summed E-state index contributed by atoms with van der Waals surface area (Å²) in [6.07, 6.45) is 2.06. The molecular weight excluding hydrogens is 348 g/mol. The van der Waals surface area contributed by atoms with Gasteiger partial charge < -0.3 is 5.32 Å². The molecule has 2 aromatic heterocycles. The van der Waals surface area contributed by atoms with Crippen molar-refractivity contribution in [3.63, 3.8) is 0 Å². The van der Waals surface area contributed by atoms with E-state index in [-0.39, 0.29) is 5.91 Å². The van der Waals surface area contributed by atoms with Gasteiger partial charge in [-0.2, -0.15) is 5.10 Å². The van der Waals surface area contributed by atoms with Gasteiger partial charge in [-0.25, -0.2) is 9.50 Å². The van der Waals surface area contributed by atoms with Gasteiger partial charge in [-0.05, 0) is 44.4 Å². The standard InChI is InChI=1S/C20H23ClN4O/c1-4-11-22-20(26)10-9-17-13(2)23-19-12-18(24-25(19)14(17)3)15-5-7-16(21)8-6-15/h5-8,12H,4,9-11H2,1-3H3,(H,22,26). The fourth-order valence-electron chi connectivity index (χ4n) is 3.04. The van der Waals surface area contributed by atoms with Crippen molar-refractivity contribution in [1.82, 2.24) is 19.9 Å². The fourth-order valence-corrected chi connectivity index (χ4v) is 3.17. The van der Waals surface area contributed by atoms with Crippen molar-refractivity contribution >= 4 is 23.2 Å². The maximum Gasteiger partial charge on any atom is 0.220 e. The molecule has 0 spiro atoms. The summed E-state index contributed by atoms with van der Waals surface area (Å²) in [7, 11) is 0. The molecule has 0 fully saturated rings. The van der Waals surface area contributed by atoms with Crippen LogP contribution in [-0.2, 0) is 11.2 Å². The Morgan fingerprint density at radius 3 is 2.65 bits per heavy atom. The first-order chi connectivity index (χ1) is 12.5. The monoisotopic (exact) mass is 370 g/mol. The molecule has 3 aromatic rings. The number of benzene rings is 1. The lowest BCUT2D eigenvalue weighted by Gasteiger charge is -2.11. The van der Waals surface area contributed by atoms with Crippen LogP contribution in [0.5, 0.6) is 0 Å². The Labute approximate surface area is 158 Å². The minimum atomic E-state index is 0.0769. The molecule has 1 amide bonds. The van der Waals surface area contributed by atoms with Crippen LogP contribution in [0.1, 0.15) is 36.7 Å². The van der Waals surface area contributed by atoms with E-state index in [2.05, 4.69) is 10.3 Å². The lowest BCUT2D eigenvalue weighted by molar-refractivity contribution is -0.121. The van der Waals surface area contributed by atoms with E-state index >= 15 is 0 Å². The third-order valence-corrected chi connectivity index (χ3v) is 4.73. The minimum Gasteiger partial charge on any atom is -0.356 e. The van der Waals surface area contributed by atoms with Crippen molar-refractivity contribution < 1.29 is 4.79 Å². The summed E-state index contributed by atoms with van der Waals surface area (Å²) in [6, 6.07) is 9.58.